The zero-order valence-electron chi connectivity index (χ0n) is 9.74. The molecule has 15 heavy (non-hydrogen) atoms. The van der Waals surface area contributed by atoms with Crippen molar-refractivity contribution < 1.29 is 18.9 Å². The average Bonchev–Trinajstić information content (AvgIpc) is 2.28. The van der Waals surface area contributed by atoms with Gasteiger partial charge in [0.2, 0.25) is 0 Å². The van der Waals surface area contributed by atoms with Crippen LogP contribution < -0.4 is 0 Å². The van der Waals surface area contributed by atoms with E-state index in [0.717, 1.165) is 26.1 Å². The van der Waals surface area contributed by atoms with E-state index in [2.05, 4.69) is 0 Å². The van der Waals surface area contributed by atoms with Gasteiger partial charge in [0.1, 0.15) is 0 Å². The molecule has 0 radical (unpaired) electrons. The molecule has 1 heterocycles. The minimum Gasteiger partial charge on any atom is -0.381 e. The first kappa shape index (κ1) is 12.9. The molecule has 1 aliphatic heterocycles. The molecule has 1 aliphatic rings. The van der Waals surface area contributed by atoms with E-state index < -0.39 is 0 Å². The molecule has 0 saturated carbocycles. The minimum atomic E-state index is -0.220. The smallest absolute Gasteiger partial charge is 0.180 e. The lowest BCUT2D eigenvalue weighted by atomic mass is 10.2. The third kappa shape index (κ3) is 5.47. The fourth-order valence-corrected chi connectivity index (χ4v) is 1.57. The van der Waals surface area contributed by atoms with Gasteiger partial charge in [-0.25, -0.2) is 0 Å². The first-order valence-electron chi connectivity index (χ1n) is 5.79. The van der Waals surface area contributed by atoms with E-state index in [9.17, 15) is 0 Å². The van der Waals surface area contributed by atoms with Gasteiger partial charge in [-0.3, -0.25) is 0 Å². The summed E-state index contributed by atoms with van der Waals surface area (Å²) < 4.78 is 21.8. The van der Waals surface area contributed by atoms with Crippen molar-refractivity contribution in [1.29, 1.82) is 0 Å². The SMILES string of the molecule is CCOC(COC1CCOCC1)OCC. The lowest BCUT2D eigenvalue weighted by Crippen LogP contribution is -2.30. The number of ether oxygens (including phenoxy) is 4. The van der Waals surface area contributed by atoms with Crippen LogP contribution in [0.15, 0.2) is 0 Å². The molecule has 0 aromatic heterocycles. The van der Waals surface area contributed by atoms with Gasteiger partial charge in [-0.05, 0) is 26.7 Å². The fourth-order valence-electron chi connectivity index (χ4n) is 1.57. The number of hydrogen-bond acceptors (Lipinski definition) is 4. The fraction of sp³-hybridized carbons (Fsp3) is 1.00. The molecule has 0 bridgehead atoms. The third-order valence-electron chi connectivity index (χ3n) is 2.34. The van der Waals surface area contributed by atoms with Crippen molar-refractivity contribution in [1.82, 2.24) is 0 Å². The van der Waals surface area contributed by atoms with Gasteiger partial charge in [0.05, 0.1) is 12.7 Å². The van der Waals surface area contributed by atoms with Gasteiger partial charge in [0.15, 0.2) is 6.29 Å². The van der Waals surface area contributed by atoms with Crippen molar-refractivity contribution in [3.8, 4) is 0 Å². The van der Waals surface area contributed by atoms with Crippen molar-refractivity contribution in [2.45, 2.75) is 39.1 Å². The molecule has 4 nitrogen and oxygen atoms in total. The molecule has 1 rings (SSSR count). The molecular weight excluding hydrogens is 196 g/mol. The minimum absolute atomic E-state index is 0.220. The quantitative estimate of drug-likeness (QED) is 0.608. The van der Waals surface area contributed by atoms with Crippen molar-refractivity contribution >= 4 is 0 Å². The highest BCUT2D eigenvalue weighted by atomic mass is 16.7. The highest BCUT2D eigenvalue weighted by molar-refractivity contribution is 4.62. The van der Waals surface area contributed by atoms with E-state index >= 15 is 0 Å². The van der Waals surface area contributed by atoms with Crippen LogP contribution in [0.4, 0.5) is 0 Å². The molecule has 4 heteroatoms. The lowest BCUT2D eigenvalue weighted by Gasteiger charge is -2.25. The van der Waals surface area contributed by atoms with Crippen LogP contribution in [0.25, 0.3) is 0 Å². The zero-order valence-corrected chi connectivity index (χ0v) is 9.74. The zero-order chi connectivity index (χ0) is 10.9. The largest absolute Gasteiger partial charge is 0.381 e. The van der Waals surface area contributed by atoms with E-state index in [1.165, 1.54) is 0 Å². The Hall–Kier alpha value is -0.160. The summed E-state index contributed by atoms with van der Waals surface area (Å²) >= 11 is 0. The maximum Gasteiger partial charge on any atom is 0.180 e. The Kier molecular flexibility index (Phi) is 6.92. The Labute approximate surface area is 91.8 Å². The van der Waals surface area contributed by atoms with Crippen molar-refractivity contribution in [3.63, 3.8) is 0 Å². The van der Waals surface area contributed by atoms with E-state index in [1.807, 2.05) is 13.8 Å². The standard InChI is InChI=1S/C11H22O4/c1-3-13-11(14-4-2)9-15-10-5-7-12-8-6-10/h10-11H,3-9H2,1-2H3. The van der Waals surface area contributed by atoms with Crippen LogP contribution in [0.2, 0.25) is 0 Å². The Morgan fingerprint density at radius 3 is 2.27 bits per heavy atom. The van der Waals surface area contributed by atoms with Crippen molar-refractivity contribution in [2.75, 3.05) is 33.0 Å². The predicted octanol–water partition coefficient (Wildman–Crippen LogP) is 1.58. The molecule has 0 aromatic carbocycles. The van der Waals surface area contributed by atoms with Gasteiger partial charge in [-0.1, -0.05) is 0 Å². The highest BCUT2D eigenvalue weighted by Crippen LogP contribution is 2.11. The molecule has 0 amide bonds. The topological polar surface area (TPSA) is 36.9 Å². The maximum atomic E-state index is 5.72. The summed E-state index contributed by atoms with van der Waals surface area (Å²) in [5.41, 5.74) is 0. The van der Waals surface area contributed by atoms with Gasteiger partial charge in [-0.15, -0.1) is 0 Å². The van der Waals surface area contributed by atoms with E-state index in [4.69, 9.17) is 18.9 Å². The van der Waals surface area contributed by atoms with Crippen LogP contribution in [0.5, 0.6) is 0 Å². The Morgan fingerprint density at radius 1 is 1.13 bits per heavy atom. The number of hydrogen-bond donors (Lipinski definition) is 0. The molecule has 0 aliphatic carbocycles. The molecule has 1 fully saturated rings. The van der Waals surface area contributed by atoms with Gasteiger partial charge in [0.25, 0.3) is 0 Å². The maximum absolute atomic E-state index is 5.72. The molecule has 0 atom stereocenters. The van der Waals surface area contributed by atoms with Crippen LogP contribution in [-0.2, 0) is 18.9 Å². The van der Waals surface area contributed by atoms with Crippen LogP contribution in [0.3, 0.4) is 0 Å². The highest BCUT2D eigenvalue weighted by Gasteiger charge is 2.16. The molecule has 0 spiro atoms. The molecule has 0 unspecified atom stereocenters. The monoisotopic (exact) mass is 218 g/mol. The normalized spacial score (nSPS) is 18.6. The number of rotatable bonds is 7. The molecule has 1 saturated heterocycles. The van der Waals surface area contributed by atoms with Gasteiger partial charge >= 0.3 is 0 Å². The summed E-state index contributed by atoms with van der Waals surface area (Å²) in [6, 6.07) is 0. The summed E-state index contributed by atoms with van der Waals surface area (Å²) in [6.07, 6.45) is 2.04. The van der Waals surface area contributed by atoms with E-state index in [-0.39, 0.29) is 6.29 Å². The second kappa shape index (κ2) is 8.05. The molecule has 0 aromatic rings. The lowest BCUT2D eigenvalue weighted by molar-refractivity contribution is -0.181. The van der Waals surface area contributed by atoms with Crippen LogP contribution >= 0.6 is 0 Å². The van der Waals surface area contributed by atoms with Crippen LogP contribution in [0, 0.1) is 0 Å². The molecule has 90 valence electrons. The summed E-state index contributed by atoms with van der Waals surface area (Å²) in [7, 11) is 0. The van der Waals surface area contributed by atoms with Gasteiger partial charge in [-0.2, -0.15) is 0 Å². The van der Waals surface area contributed by atoms with Crippen LogP contribution in [-0.4, -0.2) is 45.4 Å². The van der Waals surface area contributed by atoms with Gasteiger partial charge < -0.3 is 18.9 Å². The first-order valence-corrected chi connectivity index (χ1v) is 5.79. The summed E-state index contributed by atoms with van der Waals surface area (Å²) in [5.74, 6) is 0. The van der Waals surface area contributed by atoms with Gasteiger partial charge in [0, 0.05) is 26.4 Å². The second-order valence-corrected chi connectivity index (χ2v) is 3.49. The van der Waals surface area contributed by atoms with Crippen LogP contribution in [0.1, 0.15) is 26.7 Å². The predicted molar refractivity (Wildman–Crippen MR) is 56.8 cm³/mol. The Bertz CT molecular complexity index is 140. The third-order valence-corrected chi connectivity index (χ3v) is 2.34. The van der Waals surface area contributed by atoms with Crippen molar-refractivity contribution in [3.05, 3.63) is 0 Å². The van der Waals surface area contributed by atoms with Crippen molar-refractivity contribution in [2.24, 2.45) is 0 Å². The molecular formula is C11H22O4. The Morgan fingerprint density at radius 2 is 1.73 bits per heavy atom. The Balaban J connectivity index is 2.13. The summed E-state index contributed by atoms with van der Waals surface area (Å²) in [5, 5.41) is 0. The second-order valence-electron chi connectivity index (χ2n) is 3.49. The van der Waals surface area contributed by atoms with E-state index in [0.29, 0.717) is 25.9 Å². The average molecular weight is 218 g/mol. The first-order chi connectivity index (χ1) is 7.36. The van der Waals surface area contributed by atoms with E-state index in [1.54, 1.807) is 0 Å². The summed E-state index contributed by atoms with van der Waals surface area (Å²) in [6.45, 7) is 7.36. The summed E-state index contributed by atoms with van der Waals surface area (Å²) in [4.78, 5) is 0. The molecule has 0 N–H and O–H groups in total.